The second kappa shape index (κ2) is 6.21. The van der Waals surface area contributed by atoms with E-state index in [9.17, 15) is 4.79 Å². The highest BCUT2D eigenvalue weighted by Gasteiger charge is 2.21. The van der Waals surface area contributed by atoms with E-state index in [1.165, 1.54) is 0 Å². The van der Waals surface area contributed by atoms with Crippen molar-refractivity contribution < 1.29 is 4.79 Å². The van der Waals surface area contributed by atoms with Crippen LogP contribution in [0.3, 0.4) is 0 Å². The molecule has 104 valence electrons. The first kappa shape index (κ1) is 14.1. The molecule has 0 bridgehead atoms. The Labute approximate surface area is 118 Å². The SMILES string of the molecule is CCNc1ncc(C(=O)N2CCN(C)CC2)cc1Cl. The van der Waals surface area contributed by atoms with Crippen molar-refractivity contribution in [2.45, 2.75) is 6.92 Å². The van der Waals surface area contributed by atoms with Crippen molar-refractivity contribution in [2.75, 3.05) is 45.1 Å². The van der Waals surface area contributed by atoms with Crippen LogP contribution in [0.1, 0.15) is 17.3 Å². The van der Waals surface area contributed by atoms with Gasteiger partial charge in [0.25, 0.3) is 5.91 Å². The summed E-state index contributed by atoms with van der Waals surface area (Å²) in [6.07, 6.45) is 1.59. The summed E-state index contributed by atoms with van der Waals surface area (Å²) in [7, 11) is 2.06. The molecular formula is C13H19ClN4O. The van der Waals surface area contributed by atoms with Crippen molar-refractivity contribution in [2.24, 2.45) is 0 Å². The van der Waals surface area contributed by atoms with Crippen LogP contribution in [-0.2, 0) is 0 Å². The van der Waals surface area contributed by atoms with E-state index in [2.05, 4.69) is 22.2 Å². The summed E-state index contributed by atoms with van der Waals surface area (Å²) < 4.78 is 0. The summed E-state index contributed by atoms with van der Waals surface area (Å²) in [4.78, 5) is 20.6. The van der Waals surface area contributed by atoms with E-state index in [1.54, 1.807) is 12.3 Å². The Kier molecular flexibility index (Phi) is 4.61. The van der Waals surface area contributed by atoms with E-state index >= 15 is 0 Å². The van der Waals surface area contributed by atoms with E-state index < -0.39 is 0 Å². The zero-order chi connectivity index (χ0) is 13.8. The first-order chi connectivity index (χ1) is 9.11. The Morgan fingerprint density at radius 1 is 1.42 bits per heavy atom. The number of hydrogen-bond acceptors (Lipinski definition) is 4. The summed E-state index contributed by atoms with van der Waals surface area (Å²) in [5.41, 5.74) is 0.552. The molecule has 0 atom stereocenters. The number of likely N-dealkylation sites (N-methyl/N-ethyl adjacent to an activating group) is 1. The molecule has 1 N–H and O–H groups in total. The molecule has 1 saturated heterocycles. The van der Waals surface area contributed by atoms with Gasteiger partial charge in [-0.15, -0.1) is 0 Å². The molecule has 6 heteroatoms. The molecule has 2 heterocycles. The fourth-order valence-corrected chi connectivity index (χ4v) is 2.28. The number of nitrogens with one attached hydrogen (secondary N) is 1. The first-order valence-electron chi connectivity index (χ1n) is 6.49. The minimum Gasteiger partial charge on any atom is -0.369 e. The molecule has 1 aromatic heterocycles. The van der Waals surface area contributed by atoms with Crippen LogP contribution in [-0.4, -0.2) is 60.5 Å². The number of amides is 1. The number of halogens is 1. The molecule has 1 aliphatic rings. The monoisotopic (exact) mass is 282 g/mol. The highest BCUT2D eigenvalue weighted by molar-refractivity contribution is 6.33. The van der Waals surface area contributed by atoms with E-state index in [0.29, 0.717) is 16.4 Å². The number of carbonyl (C=O) groups is 1. The molecular weight excluding hydrogens is 264 g/mol. The van der Waals surface area contributed by atoms with Gasteiger partial charge in [0.2, 0.25) is 0 Å². The van der Waals surface area contributed by atoms with E-state index in [0.717, 1.165) is 32.7 Å². The molecule has 1 fully saturated rings. The van der Waals surface area contributed by atoms with Gasteiger partial charge in [-0.2, -0.15) is 0 Å². The Hall–Kier alpha value is -1.33. The third-order valence-corrected chi connectivity index (χ3v) is 3.51. The van der Waals surface area contributed by atoms with Crippen molar-refractivity contribution in [3.8, 4) is 0 Å². The normalized spacial score (nSPS) is 16.5. The van der Waals surface area contributed by atoms with Crippen LogP contribution in [0, 0.1) is 0 Å². The number of carbonyl (C=O) groups excluding carboxylic acids is 1. The lowest BCUT2D eigenvalue weighted by molar-refractivity contribution is 0.0663. The molecule has 0 spiro atoms. The molecule has 1 amide bonds. The van der Waals surface area contributed by atoms with Crippen LogP contribution >= 0.6 is 11.6 Å². The predicted molar refractivity (Wildman–Crippen MR) is 76.8 cm³/mol. The summed E-state index contributed by atoms with van der Waals surface area (Å²) in [5.74, 6) is 0.629. The quantitative estimate of drug-likeness (QED) is 0.914. The smallest absolute Gasteiger partial charge is 0.255 e. The topological polar surface area (TPSA) is 48.5 Å². The predicted octanol–water partition coefficient (Wildman–Crippen LogP) is 1.55. The van der Waals surface area contributed by atoms with E-state index in [1.807, 2.05) is 11.8 Å². The number of rotatable bonds is 3. The Bertz CT molecular complexity index is 458. The number of aromatic nitrogens is 1. The van der Waals surface area contributed by atoms with Gasteiger partial charge in [0.1, 0.15) is 5.82 Å². The van der Waals surface area contributed by atoms with Gasteiger partial charge in [-0.05, 0) is 20.0 Å². The Balaban J connectivity index is 2.09. The van der Waals surface area contributed by atoms with Gasteiger partial charge >= 0.3 is 0 Å². The zero-order valence-electron chi connectivity index (χ0n) is 11.3. The minimum absolute atomic E-state index is 0.00514. The van der Waals surface area contributed by atoms with Gasteiger partial charge in [-0.3, -0.25) is 4.79 Å². The van der Waals surface area contributed by atoms with Crippen LogP contribution < -0.4 is 5.32 Å². The zero-order valence-corrected chi connectivity index (χ0v) is 12.1. The van der Waals surface area contributed by atoms with Crippen molar-refractivity contribution in [1.29, 1.82) is 0 Å². The molecule has 0 saturated carbocycles. The maximum atomic E-state index is 12.3. The van der Waals surface area contributed by atoms with Gasteiger partial charge in [-0.25, -0.2) is 4.98 Å². The van der Waals surface area contributed by atoms with Crippen LogP contribution in [0.15, 0.2) is 12.3 Å². The third kappa shape index (κ3) is 3.36. The molecule has 0 radical (unpaired) electrons. The van der Waals surface area contributed by atoms with Crippen LogP contribution in [0.4, 0.5) is 5.82 Å². The largest absolute Gasteiger partial charge is 0.369 e. The average molecular weight is 283 g/mol. The highest BCUT2D eigenvalue weighted by atomic mass is 35.5. The maximum absolute atomic E-state index is 12.3. The van der Waals surface area contributed by atoms with E-state index in [-0.39, 0.29) is 5.91 Å². The maximum Gasteiger partial charge on any atom is 0.255 e. The lowest BCUT2D eigenvalue weighted by Crippen LogP contribution is -2.47. The minimum atomic E-state index is 0.00514. The summed E-state index contributed by atoms with van der Waals surface area (Å²) >= 11 is 6.11. The highest BCUT2D eigenvalue weighted by Crippen LogP contribution is 2.21. The number of pyridine rings is 1. The van der Waals surface area contributed by atoms with Gasteiger partial charge in [-0.1, -0.05) is 11.6 Å². The number of anilines is 1. The van der Waals surface area contributed by atoms with Crippen molar-refractivity contribution in [1.82, 2.24) is 14.8 Å². The molecule has 0 aliphatic carbocycles. The fraction of sp³-hybridized carbons (Fsp3) is 0.538. The third-order valence-electron chi connectivity index (χ3n) is 3.22. The van der Waals surface area contributed by atoms with Gasteiger partial charge < -0.3 is 15.1 Å². The van der Waals surface area contributed by atoms with Crippen LogP contribution in [0.5, 0.6) is 0 Å². The molecule has 1 aliphatic heterocycles. The molecule has 5 nitrogen and oxygen atoms in total. The molecule has 19 heavy (non-hydrogen) atoms. The van der Waals surface area contributed by atoms with Crippen molar-refractivity contribution in [3.63, 3.8) is 0 Å². The van der Waals surface area contributed by atoms with Crippen molar-refractivity contribution >= 4 is 23.3 Å². The Morgan fingerprint density at radius 3 is 2.68 bits per heavy atom. The van der Waals surface area contributed by atoms with Gasteiger partial charge in [0.05, 0.1) is 10.6 Å². The standard InChI is InChI=1S/C13H19ClN4O/c1-3-15-12-11(14)8-10(9-16-12)13(19)18-6-4-17(2)5-7-18/h8-9H,3-7H2,1-2H3,(H,15,16). The molecule has 0 aromatic carbocycles. The number of nitrogens with zero attached hydrogens (tertiary/aromatic N) is 3. The Morgan fingerprint density at radius 2 is 2.11 bits per heavy atom. The summed E-state index contributed by atoms with van der Waals surface area (Å²) in [6.45, 7) is 6.04. The molecule has 0 unspecified atom stereocenters. The summed E-state index contributed by atoms with van der Waals surface area (Å²) in [6, 6.07) is 1.69. The fourth-order valence-electron chi connectivity index (χ4n) is 2.04. The van der Waals surface area contributed by atoms with Crippen molar-refractivity contribution in [3.05, 3.63) is 22.8 Å². The van der Waals surface area contributed by atoms with Crippen LogP contribution in [0.25, 0.3) is 0 Å². The van der Waals surface area contributed by atoms with Gasteiger partial charge in [0, 0.05) is 38.9 Å². The number of hydrogen-bond donors (Lipinski definition) is 1. The van der Waals surface area contributed by atoms with E-state index in [4.69, 9.17) is 11.6 Å². The lowest BCUT2D eigenvalue weighted by Gasteiger charge is -2.32. The number of piperazine rings is 1. The first-order valence-corrected chi connectivity index (χ1v) is 6.87. The second-order valence-electron chi connectivity index (χ2n) is 4.68. The summed E-state index contributed by atoms with van der Waals surface area (Å²) in [5, 5.41) is 3.54. The molecule has 1 aromatic rings. The lowest BCUT2D eigenvalue weighted by atomic mass is 10.2. The molecule has 2 rings (SSSR count). The second-order valence-corrected chi connectivity index (χ2v) is 5.09. The van der Waals surface area contributed by atoms with Gasteiger partial charge in [0.15, 0.2) is 0 Å². The van der Waals surface area contributed by atoms with Crippen LogP contribution in [0.2, 0.25) is 5.02 Å². The average Bonchev–Trinajstić information content (AvgIpc) is 2.41.